The number of phosphoric ester groups is 1. The Balaban J connectivity index is 1.75. The molecule has 3 N–H and O–H groups in total. The molecule has 50 heavy (non-hydrogen) atoms. The number of H-pyrrole nitrogens is 1. The van der Waals surface area contributed by atoms with Gasteiger partial charge >= 0.3 is 28.9 Å². The van der Waals surface area contributed by atoms with E-state index in [1.54, 1.807) is 0 Å². The molecule has 1 aromatic heterocycles. The second kappa shape index (κ2) is 23.6. The lowest BCUT2D eigenvalue weighted by Crippen LogP contribution is -2.33. The third kappa shape index (κ3) is 18.2. The average Bonchev–Trinajstić information content (AvgIpc) is 3.40. The van der Waals surface area contributed by atoms with Gasteiger partial charge in [0.2, 0.25) is 0 Å². The molecule has 14 nitrogen and oxygen atoms in total. The monoisotopic (exact) mass is 776 g/mol. The Kier molecular flexibility index (Phi) is 21.4. The van der Waals surface area contributed by atoms with Crippen LogP contribution in [0.4, 0.5) is 4.39 Å². The molecule has 1 aromatic rings. The first-order chi connectivity index (χ1) is 23.7. The van der Waals surface area contributed by atoms with Crippen molar-refractivity contribution < 1.29 is 50.3 Å². The quantitative estimate of drug-likeness (QED) is 0.0517. The molecule has 292 valence electrons. The summed E-state index contributed by atoms with van der Waals surface area (Å²) >= 11 is 0. The number of halogens is 1. The van der Waals surface area contributed by atoms with Crippen LogP contribution < -0.4 is 11.2 Å². The molecule has 0 saturated carbocycles. The summed E-state index contributed by atoms with van der Waals surface area (Å²) in [4.78, 5) is 46.2. The van der Waals surface area contributed by atoms with Crippen LogP contribution in [0, 0.1) is 6.92 Å². The number of aryl methyl sites for hydroxylation is 1. The summed E-state index contributed by atoms with van der Waals surface area (Å²) in [6, 6.07) is 0. The van der Waals surface area contributed by atoms with Crippen LogP contribution in [0.25, 0.3) is 0 Å². The summed E-state index contributed by atoms with van der Waals surface area (Å²) in [5.41, 5.74) is -1.26. The molecule has 0 amide bonds. The summed E-state index contributed by atoms with van der Waals surface area (Å²) in [7, 11) is -15.1. The molecule has 0 spiro atoms. The Morgan fingerprint density at radius 2 is 1.32 bits per heavy atom. The van der Waals surface area contributed by atoms with Crippen molar-refractivity contribution >= 4 is 23.2 Å². The molecule has 2 heterocycles. The molecule has 4 unspecified atom stereocenters. The van der Waals surface area contributed by atoms with Gasteiger partial charge in [0.25, 0.3) is 5.56 Å². The van der Waals surface area contributed by atoms with Crippen molar-refractivity contribution in [2.75, 3.05) is 19.4 Å². The van der Waals surface area contributed by atoms with E-state index >= 15 is 0 Å². The largest absolute Gasteiger partial charge is 0.488 e. The average molecular weight is 777 g/mol. The third-order valence-corrected chi connectivity index (χ3v) is 13.9. The van der Waals surface area contributed by atoms with Gasteiger partial charge in [0.15, 0.2) is 0 Å². The fourth-order valence-electron chi connectivity index (χ4n) is 5.63. The van der Waals surface area contributed by atoms with Gasteiger partial charge in [0.05, 0.1) is 19.4 Å². The Bertz CT molecular complexity index is 1380. The molecule has 2 rings (SSSR count). The fourth-order valence-corrected chi connectivity index (χ4v) is 10.5. The van der Waals surface area contributed by atoms with Crippen LogP contribution in [0.1, 0.15) is 148 Å². The zero-order valence-corrected chi connectivity index (χ0v) is 32.7. The molecular formula is C32H60FN2O12P3. The fraction of sp³-hybridized carbons (Fsp3) is 0.875. The molecule has 0 aliphatic carbocycles. The molecule has 0 radical (unpaired) electrons. The first kappa shape index (κ1) is 45.2. The van der Waals surface area contributed by atoms with Crippen LogP contribution >= 0.6 is 23.2 Å². The van der Waals surface area contributed by atoms with Crippen molar-refractivity contribution in [3.8, 4) is 0 Å². The number of ether oxygens (including phenoxy) is 1. The number of aromatic amines is 1. The first-order valence-electron chi connectivity index (χ1n) is 18.3. The molecule has 18 heteroatoms. The maximum atomic E-state index is 14.7. The lowest BCUT2D eigenvalue weighted by Gasteiger charge is -2.22. The predicted octanol–water partition coefficient (Wildman–Crippen LogP) is 8.99. The van der Waals surface area contributed by atoms with Crippen LogP contribution in [0.5, 0.6) is 0 Å². The van der Waals surface area contributed by atoms with E-state index in [-0.39, 0.29) is 24.8 Å². The highest BCUT2D eigenvalue weighted by atomic mass is 31.3. The van der Waals surface area contributed by atoms with Crippen LogP contribution in [0.2, 0.25) is 0 Å². The lowest BCUT2D eigenvalue weighted by molar-refractivity contribution is -0.0350. The first-order valence-corrected chi connectivity index (χ1v) is 23.0. The van der Waals surface area contributed by atoms with Gasteiger partial charge in [-0.05, 0) is 19.8 Å². The Hall–Kier alpha value is -0.980. The topological polar surface area (TPSA) is 193 Å². The Morgan fingerprint density at radius 1 is 0.800 bits per heavy atom. The van der Waals surface area contributed by atoms with Gasteiger partial charge in [-0.2, -0.15) is 4.31 Å². The van der Waals surface area contributed by atoms with Crippen molar-refractivity contribution in [2.45, 2.75) is 161 Å². The molecule has 1 aliphatic rings. The Labute approximate surface area is 296 Å². The zero-order chi connectivity index (χ0) is 37.0. The van der Waals surface area contributed by atoms with E-state index in [1.807, 2.05) is 6.92 Å². The number of unbranched alkanes of at least 4 members (excludes halogenated alkanes) is 16. The number of phosphoric acid groups is 2. The zero-order valence-electron chi connectivity index (χ0n) is 30.0. The van der Waals surface area contributed by atoms with Gasteiger partial charge in [0.1, 0.15) is 18.5 Å². The van der Waals surface area contributed by atoms with E-state index < -0.39 is 59.6 Å². The van der Waals surface area contributed by atoms with E-state index in [0.29, 0.717) is 25.7 Å². The number of nitrogens with one attached hydrogen (secondary N) is 1. The summed E-state index contributed by atoms with van der Waals surface area (Å²) < 4.78 is 79.1. The standard InChI is InChI=1S/C32H60FN2O12P3/c1-4-6-8-9-10-11-12-13-14-15-16-17-18-19-20-21-23-48(38,43-22-7-5-2)46-50(41,42)47-49(39,40)44-26-29-28(33)24-30(45-29)35-25-27(3)31(36)34-32(35)37/h25,28-30H,4-24,26H2,1-3H3,(H,39,40)(H,41,42)(H,34,36,37)/t28?,29-,30-,48?/m1/s1. The molecule has 0 aromatic carbocycles. The number of aromatic nitrogens is 2. The van der Waals surface area contributed by atoms with E-state index in [9.17, 15) is 37.5 Å². The van der Waals surface area contributed by atoms with E-state index in [4.69, 9.17) is 18.1 Å². The molecule has 1 aliphatic heterocycles. The highest BCUT2D eigenvalue weighted by Gasteiger charge is 2.44. The molecule has 1 saturated heterocycles. The minimum absolute atomic E-state index is 0.0179. The minimum Gasteiger partial charge on any atom is -0.349 e. The van der Waals surface area contributed by atoms with Gasteiger partial charge in [-0.1, -0.05) is 117 Å². The molecule has 0 bridgehead atoms. The van der Waals surface area contributed by atoms with Crippen molar-refractivity contribution in [3.63, 3.8) is 0 Å². The summed E-state index contributed by atoms with van der Waals surface area (Å²) in [5.74, 6) is 0. The second-order valence-corrected chi connectivity index (χ2v) is 18.4. The summed E-state index contributed by atoms with van der Waals surface area (Å²) in [6.07, 6.45) is 15.8. The van der Waals surface area contributed by atoms with Crippen LogP contribution in [0.3, 0.4) is 0 Å². The van der Waals surface area contributed by atoms with Gasteiger partial charge in [-0.15, -0.1) is 0 Å². The SMILES string of the molecule is CCCCCCCCCCCCCCCCCCP(=O)(OCCCC)OP(=O)(O)OP(=O)(O)OC[C@H]1O[C@@H](n2cc(C)c(=O)[nH]c2=O)CC1F. The molecule has 6 atom stereocenters. The second-order valence-electron chi connectivity index (χ2n) is 13.1. The highest BCUT2D eigenvalue weighted by Crippen LogP contribution is 2.69. The van der Waals surface area contributed by atoms with Gasteiger partial charge in [-0.25, -0.2) is 22.6 Å². The van der Waals surface area contributed by atoms with E-state index in [1.165, 1.54) is 83.7 Å². The maximum Gasteiger partial charge on any atom is 0.488 e. The predicted molar refractivity (Wildman–Crippen MR) is 190 cm³/mol. The number of hydrogen-bond acceptors (Lipinski definition) is 10. The minimum atomic E-state index is -5.47. The number of alkyl halides is 1. The maximum absolute atomic E-state index is 14.7. The summed E-state index contributed by atoms with van der Waals surface area (Å²) in [5, 5.41) is 0. The Morgan fingerprint density at radius 3 is 1.86 bits per heavy atom. The smallest absolute Gasteiger partial charge is 0.349 e. The van der Waals surface area contributed by atoms with Crippen LogP contribution in [-0.2, 0) is 36.1 Å². The summed E-state index contributed by atoms with van der Waals surface area (Å²) in [6.45, 7) is 4.64. The number of rotatable bonds is 29. The third-order valence-electron chi connectivity index (χ3n) is 8.53. The number of hydrogen-bond donors (Lipinski definition) is 3. The highest BCUT2D eigenvalue weighted by molar-refractivity contribution is 7.68. The van der Waals surface area contributed by atoms with Crippen molar-refractivity contribution in [3.05, 3.63) is 32.6 Å². The lowest BCUT2D eigenvalue weighted by atomic mass is 10.0. The van der Waals surface area contributed by atoms with E-state index in [2.05, 4.69) is 16.2 Å². The van der Waals surface area contributed by atoms with Crippen LogP contribution in [-0.4, -0.2) is 51.0 Å². The normalized spacial score (nSPS) is 21.5. The van der Waals surface area contributed by atoms with Crippen molar-refractivity contribution in [1.82, 2.24) is 9.55 Å². The van der Waals surface area contributed by atoms with Gasteiger partial charge in [0, 0.05) is 18.2 Å². The molecular weight excluding hydrogens is 716 g/mol. The number of nitrogens with zero attached hydrogens (tertiary/aromatic N) is 1. The van der Waals surface area contributed by atoms with Gasteiger partial charge in [-0.3, -0.25) is 23.4 Å². The van der Waals surface area contributed by atoms with E-state index in [0.717, 1.165) is 23.8 Å². The van der Waals surface area contributed by atoms with Crippen molar-refractivity contribution in [2.24, 2.45) is 0 Å². The van der Waals surface area contributed by atoms with Crippen molar-refractivity contribution in [1.29, 1.82) is 0 Å². The van der Waals surface area contributed by atoms with Gasteiger partial charge < -0.3 is 19.0 Å². The molecule has 1 fully saturated rings. The van der Waals surface area contributed by atoms with Crippen LogP contribution in [0.15, 0.2) is 15.8 Å².